The van der Waals surface area contributed by atoms with Crippen molar-refractivity contribution < 1.29 is 9.47 Å². The molecular formula is C13H15N3O2. The van der Waals surface area contributed by atoms with Gasteiger partial charge in [0.05, 0.1) is 7.11 Å². The summed E-state index contributed by atoms with van der Waals surface area (Å²) in [6, 6.07) is 9.85. The lowest BCUT2D eigenvalue weighted by Gasteiger charge is -2.16. The molecule has 0 fully saturated rings. The Kier molecular flexibility index (Phi) is 3.62. The van der Waals surface area contributed by atoms with E-state index in [-0.39, 0.29) is 11.9 Å². The van der Waals surface area contributed by atoms with Gasteiger partial charge in [-0.25, -0.2) is 4.98 Å². The van der Waals surface area contributed by atoms with Crippen LogP contribution in [0.1, 0.15) is 18.6 Å². The minimum atomic E-state index is -0.144. The van der Waals surface area contributed by atoms with E-state index in [4.69, 9.17) is 15.2 Å². The number of anilines is 1. The average Bonchev–Trinajstić information content (AvgIpc) is 2.40. The van der Waals surface area contributed by atoms with Gasteiger partial charge in [0.25, 0.3) is 5.88 Å². The van der Waals surface area contributed by atoms with Crippen LogP contribution in [0.3, 0.4) is 0 Å². The Balaban J connectivity index is 2.22. The molecular weight excluding hydrogens is 230 g/mol. The number of nitrogens with zero attached hydrogens (tertiary/aromatic N) is 2. The summed E-state index contributed by atoms with van der Waals surface area (Å²) in [7, 11) is 1.51. The SMILES string of the molecule is COc1c(N)ncnc1OC(C)c1ccccc1. The fraction of sp³-hybridized carbons (Fsp3) is 0.231. The highest BCUT2D eigenvalue weighted by molar-refractivity contribution is 5.51. The largest absolute Gasteiger partial charge is 0.489 e. The molecule has 5 nitrogen and oxygen atoms in total. The maximum Gasteiger partial charge on any atom is 0.263 e. The maximum atomic E-state index is 5.75. The quantitative estimate of drug-likeness (QED) is 0.894. The van der Waals surface area contributed by atoms with E-state index < -0.39 is 0 Å². The molecule has 1 heterocycles. The monoisotopic (exact) mass is 245 g/mol. The Morgan fingerprint density at radius 3 is 2.56 bits per heavy atom. The molecule has 0 radical (unpaired) electrons. The number of rotatable bonds is 4. The molecule has 0 saturated heterocycles. The van der Waals surface area contributed by atoms with Gasteiger partial charge in [0, 0.05) is 0 Å². The highest BCUT2D eigenvalue weighted by Crippen LogP contribution is 2.31. The number of nitrogen functional groups attached to an aromatic ring is 1. The molecule has 18 heavy (non-hydrogen) atoms. The van der Waals surface area contributed by atoms with Gasteiger partial charge in [0.2, 0.25) is 5.75 Å². The van der Waals surface area contributed by atoms with Crippen molar-refractivity contribution in [3.63, 3.8) is 0 Å². The van der Waals surface area contributed by atoms with Crippen molar-refractivity contribution in [2.45, 2.75) is 13.0 Å². The number of methoxy groups -OCH3 is 1. The summed E-state index contributed by atoms with van der Waals surface area (Å²) in [4.78, 5) is 7.89. The van der Waals surface area contributed by atoms with Crippen molar-refractivity contribution in [1.29, 1.82) is 0 Å². The molecule has 1 aromatic carbocycles. The second kappa shape index (κ2) is 5.35. The molecule has 0 aliphatic heterocycles. The third-order valence-electron chi connectivity index (χ3n) is 2.56. The molecule has 2 rings (SSSR count). The predicted octanol–water partition coefficient (Wildman–Crippen LogP) is 2.21. The van der Waals surface area contributed by atoms with Crippen LogP contribution in [0.15, 0.2) is 36.7 Å². The Hall–Kier alpha value is -2.30. The zero-order valence-corrected chi connectivity index (χ0v) is 10.3. The van der Waals surface area contributed by atoms with Crippen LogP contribution in [0.5, 0.6) is 11.6 Å². The zero-order chi connectivity index (χ0) is 13.0. The summed E-state index contributed by atoms with van der Waals surface area (Å²) in [5.74, 6) is 0.976. The van der Waals surface area contributed by atoms with Crippen molar-refractivity contribution >= 4 is 5.82 Å². The minimum absolute atomic E-state index is 0.144. The molecule has 0 amide bonds. The number of hydrogen-bond acceptors (Lipinski definition) is 5. The van der Waals surface area contributed by atoms with Crippen LogP contribution in [0.4, 0.5) is 5.82 Å². The van der Waals surface area contributed by atoms with Crippen LogP contribution in [-0.4, -0.2) is 17.1 Å². The Labute approximate surface area is 106 Å². The smallest absolute Gasteiger partial charge is 0.263 e. The highest BCUT2D eigenvalue weighted by Gasteiger charge is 2.14. The summed E-state index contributed by atoms with van der Waals surface area (Å²) in [5, 5.41) is 0. The van der Waals surface area contributed by atoms with Crippen molar-refractivity contribution in [2.75, 3.05) is 12.8 Å². The molecule has 0 spiro atoms. The van der Waals surface area contributed by atoms with E-state index in [0.717, 1.165) is 5.56 Å². The van der Waals surface area contributed by atoms with E-state index in [2.05, 4.69) is 9.97 Å². The summed E-state index contributed by atoms with van der Waals surface area (Å²) >= 11 is 0. The van der Waals surface area contributed by atoms with Gasteiger partial charge in [-0.1, -0.05) is 30.3 Å². The fourth-order valence-electron chi connectivity index (χ4n) is 1.61. The van der Waals surface area contributed by atoms with Crippen LogP contribution in [0, 0.1) is 0 Å². The zero-order valence-electron chi connectivity index (χ0n) is 10.3. The topological polar surface area (TPSA) is 70.3 Å². The second-order valence-corrected chi connectivity index (χ2v) is 3.77. The highest BCUT2D eigenvalue weighted by atomic mass is 16.5. The molecule has 1 aromatic heterocycles. The maximum absolute atomic E-state index is 5.75. The Bertz CT molecular complexity index is 517. The summed E-state index contributed by atoms with van der Waals surface area (Å²) < 4.78 is 10.9. The van der Waals surface area contributed by atoms with Crippen molar-refractivity contribution in [3.8, 4) is 11.6 Å². The van der Waals surface area contributed by atoms with Gasteiger partial charge in [-0.3, -0.25) is 0 Å². The van der Waals surface area contributed by atoms with Crippen molar-refractivity contribution in [1.82, 2.24) is 9.97 Å². The van der Waals surface area contributed by atoms with Gasteiger partial charge in [0.15, 0.2) is 5.82 Å². The molecule has 1 atom stereocenters. The third-order valence-corrected chi connectivity index (χ3v) is 2.56. The van der Waals surface area contributed by atoms with E-state index >= 15 is 0 Å². The van der Waals surface area contributed by atoms with Gasteiger partial charge < -0.3 is 15.2 Å². The molecule has 94 valence electrons. The number of nitrogens with two attached hydrogens (primary N) is 1. The third kappa shape index (κ3) is 2.51. The summed E-state index contributed by atoms with van der Waals surface area (Å²) in [6.07, 6.45) is 1.21. The molecule has 0 saturated carbocycles. The van der Waals surface area contributed by atoms with Crippen LogP contribution in [-0.2, 0) is 0 Å². The van der Waals surface area contributed by atoms with Gasteiger partial charge in [-0.2, -0.15) is 4.98 Å². The molecule has 2 N–H and O–H groups in total. The second-order valence-electron chi connectivity index (χ2n) is 3.77. The first-order valence-electron chi connectivity index (χ1n) is 5.58. The van der Waals surface area contributed by atoms with Gasteiger partial charge in [-0.15, -0.1) is 0 Å². The van der Waals surface area contributed by atoms with Crippen LogP contribution in [0.25, 0.3) is 0 Å². The molecule has 0 aliphatic carbocycles. The fourth-order valence-corrected chi connectivity index (χ4v) is 1.61. The van der Waals surface area contributed by atoms with Gasteiger partial charge in [-0.05, 0) is 12.5 Å². The van der Waals surface area contributed by atoms with Crippen molar-refractivity contribution in [2.24, 2.45) is 0 Å². The first-order valence-corrected chi connectivity index (χ1v) is 5.58. The van der Waals surface area contributed by atoms with E-state index in [1.54, 1.807) is 0 Å². The number of benzene rings is 1. The lowest BCUT2D eigenvalue weighted by molar-refractivity contribution is 0.206. The first-order chi connectivity index (χ1) is 8.72. The van der Waals surface area contributed by atoms with E-state index in [0.29, 0.717) is 11.6 Å². The normalized spacial score (nSPS) is 11.9. The Morgan fingerprint density at radius 1 is 1.17 bits per heavy atom. The molecule has 2 aromatic rings. The van der Waals surface area contributed by atoms with E-state index in [9.17, 15) is 0 Å². The average molecular weight is 245 g/mol. The summed E-state index contributed by atoms with van der Waals surface area (Å²) in [6.45, 7) is 1.94. The number of hydrogen-bond donors (Lipinski definition) is 1. The lowest BCUT2D eigenvalue weighted by Crippen LogP contribution is -2.07. The van der Waals surface area contributed by atoms with Crippen molar-refractivity contribution in [3.05, 3.63) is 42.2 Å². The Morgan fingerprint density at radius 2 is 1.89 bits per heavy atom. The van der Waals surface area contributed by atoms with E-state index in [1.807, 2.05) is 37.3 Å². The number of ether oxygens (including phenoxy) is 2. The summed E-state index contributed by atoms with van der Waals surface area (Å²) in [5.41, 5.74) is 6.74. The first kappa shape index (κ1) is 12.2. The molecule has 0 aliphatic rings. The molecule has 5 heteroatoms. The van der Waals surface area contributed by atoms with Crippen LogP contribution in [0.2, 0.25) is 0 Å². The number of aromatic nitrogens is 2. The lowest BCUT2D eigenvalue weighted by atomic mass is 10.1. The van der Waals surface area contributed by atoms with Gasteiger partial charge in [0.1, 0.15) is 12.4 Å². The minimum Gasteiger partial charge on any atom is -0.489 e. The van der Waals surface area contributed by atoms with E-state index in [1.165, 1.54) is 13.4 Å². The van der Waals surface area contributed by atoms with Gasteiger partial charge >= 0.3 is 0 Å². The standard InChI is InChI=1S/C13H15N3O2/c1-9(10-6-4-3-5-7-10)18-13-11(17-2)12(14)15-8-16-13/h3-9H,1-2H3,(H2,14,15,16). The van der Waals surface area contributed by atoms with Crippen LogP contribution < -0.4 is 15.2 Å². The van der Waals surface area contributed by atoms with Crippen LogP contribution >= 0.6 is 0 Å². The molecule has 1 unspecified atom stereocenters. The predicted molar refractivity (Wildman–Crippen MR) is 68.5 cm³/mol. The molecule has 0 bridgehead atoms.